The fourth-order valence-corrected chi connectivity index (χ4v) is 3.21. The van der Waals surface area contributed by atoms with Crippen LogP contribution in [0.25, 0.3) is 0 Å². The number of hydrogen-bond acceptors (Lipinski definition) is 6. The summed E-state index contributed by atoms with van der Waals surface area (Å²) in [7, 11) is 0. The van der Waals surface area contributed by atoms with Crippen LogP contribution in [0.4, 0.5) is 13.2 Å². The summed E-state index contributed by atoms with van der Waals surface area (Å²) in [6, 6.07) is 2.63. The molecule has 1 aromatic rings. The number of rotatable bonds is 5. The average Bonchev–Trinajstić information content (AvgIpc) is 3.02. The first-order chi connectivity index (χ1) is 12.0. The van der Waals surface area contributed by atoms with Gasteiger partial charge in [-0.05, 0) is 44.0 Å². The zero-order valence-corrected chi connectivity index (χ0v) is 13.9. The highest BCUT2D eigenvalue weighted by molar-refractivity contribution is 5.27. The molecule has 3 heterocycles. The first-order valence-corrected chi connectivity index (χ1v) is 8.52. The highest BCUT2D eigenvalue weighted by Gasteiger charge is 2.34. The number of aromatic nitrogens is 1. The van der Waals surface area contributed by atoms with Crippen molar-refractivity contribution in [3.8, 4) is 5.88 Å². The Hall–Kier alpha value is -1.42. The van der Waals surface area contributed by atoms with E-state index in [-0.39, 0.29) is 25.3 Å². The van der Waals surface area contributed by atoms with Gasteiger partial charge in [-0.1, -0.05) is 0 Å². The molecule has 140 valence electrons. The van der Waals surface area contributed by atoms with E-state index in [2.05, 4.69) is 10.3 Å². The fourth-order valence-electron chi connectivity index (χ4n) is 3.21. The van der Waals surface area contributed by atoms with Crippen molar-refractivity contribution in [3.63, 3.8) is 0 Å². The molecule has 1 aromatic heterocycles. The molecule has 25 heavy (non-hydrogen) atoms. The normalized spacial score (nSPS) is 21.0. The van der Waals surface area contributed by atoms with E-state index < -0.39 is 11.9 Å². The van der Waals surface area contributed by atoms with E-state index in [1.54, 1.807) is 11.1 Å². The molecule has 0 spiro atoms. The summed E-state index contributed by atoms with van der Waals surface area (Å²) in [5.74, 6) is 0.0199. The molecule has 0 unspecified atom stereocenters. The van der Waals surface area contributed by atoms with Gasteiger partial charge in [-0.15, -0.1) is 0 Å². The Kier molecular flexibility index (Phi) is 5.78. The van der Waals surface area contributed by atoms with Crippen LogP contribution in [0.3, 0.4) is 0 Å². The number of piperidine rings is 1. The minimum Gasteiger partial charge on any atom is -0.474 e. The molecule has 0 bridgehead atoms. The number of hydrogen-bond donors (Lipinski definition) is 2. The molecule has 6 nitrogen and oxygen atoms in total. The quantitative estimate of drug-likeness (QED) is 0.832. The minimum atomic E-state index is -4.52. The maximum Gasteiger partial charge on any atom is 0.433 e. The second-order valence-electron chi connectivity index (χ2n) is 6.38. The molecule has 0 amide bonds. The van der Waals surface area contributed by atoms with Crippen molar-refractivity contribution in [1.29, 1.82) is 0 Å². The molecule has 9 heteroatoms. The molecular weight excluding hydrogens is 337 g/mol. The lowest BCUT2D eigenvalue weighted by atomic mass is 10.1. The van der Waals surface area contributed by atoms with E-state index in [1.807, 2.05) is 5.01 Å². The second-order valence-corrected chi connectivity index (χ2v) is 6.38. The predicted octanol–water partition coefficient (Wildman–Crippen LogP) is 1.60. The van der Waals surface area contributed by atoms with Gasteiger partial charge in [0.05, 0.1) is 0 Å². The van der Waals surface area contributed by atoms with E-state index in [4.69, 9.17) is 4.74 Å². The van der Waals surface area contributed by atoms with Crippen LogP contribution in [-0.4, -0.2) is 59.1 Å². The minimum absolute atomic E-state index is 0.0199. The summed E-state index contributed by atoms with van der Waals surface area (Å²) in [6.45, 7) is 3.12. The number of nitrogens with zero attached hydrogens (tertiary/aromatic N) is 3. The molecule has 2 aliphatic rings. The summed E-state index contributed by atoms with van der Waals surface area (Å²) in [5.41, 5.74) is -0.463. The van der Waals surface area contributed by atoms with E-state index in [0.29, 0.717) is 18.7 Å². The van der Waals surface area contributed by atoms with Gasteiger partial charge in [0.2, 0.25) is 5.88 Å². The third-order valence-corrected chi connectivity index (χ3v) is 4.49. The lowest BCUT2D eigenvalue weighted by molar-refractivity contribution is -0.141. The first-order valence-electron chi connectivity index (χ1n) is 8.52. The maximum absolute atomic E-state index is 13.2. The highest BCUT2D eigenvalue weighted by atomic mass is 19.4. The predicted molar refractivity (Wildman–Crippen MR) is 84.6 cm³/mol. The van der Waals surface area contributed by atoms with Crippen LogP contribution in [0.5, 0.6) is 5.88 Å². The largest absolute Gasteiger partial charge is 0.474 e. The molecule has 2 aliphatic heterocycles. The van der Waals surface area contributed by atoms with Crippen LogP contribution >= 0.6 is 0 Å². The summed E-state index contributed by atoms with van der Waals surface area (Å²) < 4.78 is 45.3. The number of aliphatic hydroxyl groups is 1. The van der Waals surface area contributed by atoms with E-state index >= 15 is 0 Å². The lowest BCUT2D eigenvalue weighted by Gasteiger charge is -2.27. The Balaban J connectivity index is 1.79. The SMILES string of the molecule is OCN1CCCN1Cc1cc(OC2CCNCC2)nc(C(F)(F)F)c1. The molecule has 0 atom stereocenters. The third-order valence-electron chi connectivity index (χ3n) is 4.49. The van der Waals surface area contributed by atoms with Gasteiger partial charge in [-0.2, -0.15) is 13.2 Å². The van der Waals surface area contributed by atoms with Crippen LogP contribution in [-0.2, 0) is 12.7 Å². The van der Waals surface area contributed by atoms with E-state index in [1.165, 1.54) is 0 Å². The number of alkyl halides is 3. The fraction of sp³-hybridized carbons (Fsp3) is 0.688. The molecule has 2 fully saturated rings. The van der Waals surface area contributed by atoms with Gasteiger partial charge < -0.3 is 15.2 Å². The van der Waals surface area contributed by atoms with Crippen molar-refractivity contribution in [2.24, 2.45) is 0 Å². The van der Waals surface area contributed by atoms with Gasteiger partial charge in [0.25, 0.3) is 0 Å². The zero-order valence-electron chi connectivity index (χ0n) is 13.9. The van der Waals surface area contributed by atoms with Crippen molar-refractivity contribution in [2.45, 2.75) is 38.1 Å². The molecule has 0 saturated carbocycles. The lowest BCUT2D eigenvalue weighted by Crippen LogP contribution is -2.36. The molecule has 0 aliphatic carbocycles. The van der Waals surface area contributed by atoms with Crippen molar-refractivity contribution < 1.29 is 23.0 Å². The van der Waals surface area contributed by atoms with Crippen LogP contribution in [0.2, 0.25) is 0 Å². The maximum atomic E-state index is 13.2. The number of nitrogens with one attached hydrogen (secondary N) is 1. The van der Waals surface area contributed by atoms with Crippen molar-refractivity contribution in [2.75, 3.05) is 32.9 Å². The highest BCUT2D eigenvalue weighted by Crippen LogP contribution is 2.31. The van der Waals surface area contributed by atoms with Crippen LogP contribution in [0, 0.1) is 0 Å². The van der Waals surface area contributed by atoms with Gasteiger partial charge in [0.15, 0.2) is 0 Å². The monoisotopic (exact) mass is 360 g/mol. The van der Waals surface area contributed by atoms with E-state index in [0.717, 1.165) is 38.4 Å². The number of hydrazine groups is 1. The van der Waals surface area contributed by atoms with Crippen molar-refractivity contribution in [1.82, 2.24) is 20.3 Å². The number of ether oxygens (including phenoxy) is 1. The first kappa shape index (κ1) is 18.4. The molecule has 3 rings (SSSR count). The molecule has 2 saturated heterocycles. The topological polar surface area (TPSA) is 60.9 Å². The Morgan fingerprint density at radius 3 is 2.60 bits per heavy atom. The summed E-state index contributed by atoms with van der Waals surface area (Å²) >= 11 is 0. The van der Waals surface area contributed by atoms with Crippen LogP contribution in [0.1, 0.15) is 30.5 Å². The van der Waals surface area contributed by atoms with Crippen molar-refractivity contribution in [3.05, 3.63) is 23.4 Å². The standard InChI is InChI=1S/C16H23F3N4O2/c17-16(18,19)14-8-12(10-22-6-1-7-23(22)11-24)9-15(21-14)25-13-2-4-20-5-3-13/h8-9,13,20,24H,1-7,10-11H2. The Morgan fingerprint density at radius 1 is 1.20 bits per heavy atom. The van der Waals surface area contributed by atoms with Crippen LogP contribution in [0.15, 0.2) is 12.1 Å². The van der Waals surface area contributed by atoms with Gasteiger partial charge >= 0.3 is 6.18 Å². The Morgan fingerprint density at radius 2 is 1.92 bits per heavy atom. The van der Waals surface area contributed by atoms with Gasteiger partial charge in [0, 0.05) is 25.7 Å². The summed E-state index contributed by atoms with van der Waals surface area (Å²) in [4.78, 5) is 3.66. The van der Waals surface area contributed by atoms with Crippen LogP contribution < -0.4 is 10.1 Å². The number of pyridine rings is 1. The smallest absolute Gasteiger partial charge is 0.433 e. The summed E-state index contributed by atoms with van der Waals surface area (Å²) in [6.07, 6.45) is -2.28. The number of aliphatic hydroxyl groups excluding tert-OH is 1. The third kappa shape index (κ3) is 4.81. The Labute approximate surface area is 144 Å². The van der Waals surface area contributed by atoms with Gasteiger partial charge in [-0.25, -0.2) is 15.0 Å². The van der Waals surface area contributed by atoms with Gasteiger partial charge in [0.1, 0.15) is 18.5 Å². The van der Waals surface area contributed by atoms with E-state index in [9.17, 15) is 18.3 Å². The molecule has 2 N–H and O–H groups in total. The molecule has 0 aromatic carbocycles. The molecule has 0 radical (unpaired) electrons. The molecular formula is C16H23F3N4O2. The zero-order chi connectivity index (χ0) is 17.9. The van der Waals surface area contributed by atoms with Gasteiger partial charge in [-0.3, -0.25) is 0 Å². The van der Waals surface area contributed by atoms with Crippen molar-refractivity contribution >= 4 is 0 Å². The average molecular weight is 360 g/mol. The summed E-state index contributed by atoms with van der Waals surface area (Å²) in [5, 5.41) is 16.1. The number of halogens is 3. The second kappa shape index (κ2) is 7.86. The Bertz CT molecular complexity index is 579.